The van der Waals surface area contributed by atoms with Crippen LogP contribution < -0.4 is 4.74 Å². The lowest BCUT2D eigenvalue weighted by atomic mass is 10.3. The van der Waals surface area contributed by atoms with Crippen molar-refractivity contribution in [3.05, 3.63) is 42.0 Å². The van der Waals surface area contributed by atoms with Gasteiger partial charge in [0.15, 0.2) is 11.6 Å². The van der Waals surface area contributed by atoms with E-state index < -0.39 is 17.6 Å². The van der Waals surface area contributed by atoms with Crippen molar-refractivity contribution in [3.63, 3.8) is 0 Å². The summed E-state index contributed by atoms with van der Waals surface area (Å²) in [7, 11) is 0. The fourth-order valence-corrected chi connectivity index (χ4v) is 0.963. The molecule has 0 unspecified atom stereocenters. The normalized spacial score (nSPS) is 10.6. The lowest BCUT2D eigenvalue weighted by Gasteiger charge is -2.02. The third-order valence-corrected chi connectivity index (χ3v) is 1.70. The van der Waals surface area contributed by atoms with Crippen molar-refractivity contribution in [3.8, 4) is 5.75 Å². The predicted octanol–water partition coefficient (Wildman–Crippen LogP) is 2.37. The highest BCUT2D eigenvalue weighted by Crippen LogP contribution is 2.15. The molecule has 0 aromatic heterocycles. The number of carboxylic acid groups (broad SMARTS) is 1. The molecule has 0 atom stereocenters. The zero-order valence-electron chi connectivity index (χ0n) is 8.32. The Kier molecular flexibility index (Phi) is 4.44. The van der Waals surface area contributed by atoms with Crippen LogP contribution in [0.4, 0.5) is 8.78 Å². The highest BCUT2D eigenvalue weighted by molar-refractivity contribution is 5.68. The Balaban J connectivity index is 2.40. The molecule has 0 aliphatic rings. The van der Waals surface area contributed by atoms with Crippen LogP contribution in [0.15, 0.2) is 30.4 Å². The molecule has 86 valence electrons. The number of carboxylic acids is 1. The van der Waals surface area contributed by atoms with E-state index in [0.29, 0.717) is 0 Å². The van der Waals surface area contributed by atoms with Crippen LogP contribution in [0, 0.1) is 11.6 Å². The van der Waals surface area contributed by atoms with Crippen molar-refractivity contribution in [2.45, 2.75) is 6.42 Å². The summed E-state index contributed by atoms with van der Waals surface area (Å²) < 4.78 is 30.3. The van der Waals surface area contributed by atoms with Crippen LogP contribution in [0.2, 0.25) is 0 Å². The Labute approximate surface area is 91.0 Å². The summed E-state index contributed by atoms with van der Waals surface area (Å²) in [5.41, 5.74) is 0. The number of hydrogen-bond acceptors (Lipinski definition) is 2. The number of rotatable bonds is 5. The average Bonchev–Trinajstić information content (AvgIpc) is 2.22. The number of carbonyl (C=O) groups is 1. The molecular formula is C11H10F2O3. The van der Waals surface area contributed by atoms with E-state index in [1.165, 1.54) is 18.2 Å². The molecule has 0 radical (unpaired) electrons. The van der Waals surface area contributed by atoms with Gasteiger partial charge in [0, 0.05) is 6.07 Å². The minimum absolute atomic E-state index is 0.0961. The van der Waals surface area contributed by atoms with Gasteiger partial charge < -0.3 is 9.84 Å². The molecule has 3 nitrogen and oxygen atoms in total. The first-order valence-electron chi connectivity index (χ1n) is 4.54. The van der Waals surface area contributed by atoms with Crippen LogP contribution in [0.25, 0.3) is 0 Å². The molecule has 0 saturated carbocycles. The zero-order valence-corrected chi connectivity index (χ0v) is 8.32. The number of benzene rings is 1. The van der Waals surface area contributed by atoms with E-state index in [4.69, 9.17) is 9.84 Å². The summed E-state index contributed by atoms with van der Waals surface area (Å²) in [6, 6.07) is 3.19. The maximum Gasteiger partial charge on any atom is 0.307 e. The maximum absolute atomic E-state index is 12.7. The van der Waals surface area contributed by atoms with Gasteiger partial charge in [0.25, 0.3) is 0 Å². The molecule has 0 heterocycles. The Morgan fingerprint density at radius 1 is 1.31 bits per heavy atom. The predicted molar refractivity (Wildman–Crippen MR) is 53.2 cm³/mol. The van der Waals surface area contributed by atoms with Gasteiger partial charge in [0.05, 0.1) is 6.42 Å². The van der Waals surface area contributed by atoms with Crippen LogP contribution in [-0.2, 0) is 4.79 Å². The van der Waals surface area contributed by atoms with Crippen molar-refractivity contribution in [1.29, 1.82) is 0 Å². The standard InChI is InChI=1S/C11H10F2O3/c12-9-5-4-8(7-10(9)13)16-6-2-1-3-11(14)15/h1-2,4-5,7H,3,6H2,(H,14,15)/b2-1+. The van der Waals surface area contributed by atoms with Gasteiger partial charge in [-0.2, -0.15) is 0 Å². The minimum Gasteiger partial charge on any atom is -0.489 e. The van der Waals surface area contributed by atoms with Gasteiger partial charge in [-0.1, -0.05) is 12.2 Å². The average molecular weight is 228 g/mol. The highest BCUT2D eigenvalue weighted by atomic mass is 19.2. The first-order valence-corrected chi connectivity index (χ1v) is 4.54. The van der Waals surface area contributed by atoms with Gasteiger partial charge in [-0.3, -0.25) is 4.79 Å². The summed E-state index contributed by atoms with van der Waals surface area (Å²) in [4.78, 5) is 10.1. The van der Waals surface area contributed by atoms with Crippen molar-refractivity contribution in [2.24, 2.45) is 0 Å². The maximum atomic E-state index is 12.7. The molecule has 0 saturated heterocycles. The second-order valence-electron chi connectivity index (χ2n) is 2.96. The van der Waals surface area contributed by atoms with Gasteiger partial charge in [0.2, 0.25) is 0 Å². The quantitative estimate of drug-likeness (QED) is 0.787. The summed E-state index contributed by atoms with van der Waals surface area (Å²) in [6.45, 7) is 0.109. The molecule has 0 amide bonds. The zero-order chi connectivity index (χ0) is 12.0. The first-order chi connectivity index (χ1) is 7.59. The Morgan fingerprint density at radius 3 is 2.69 bits per heavy atom. The van der Waals surface area contributed by atoms with Crippen molar-refractivity contribution in [2.75, 3.05) is 6.61 Å². The Bertz CT molecular complexity index is 402. The lowest BCUT2D eigenvalue weighted by Crippen LogP contribution is -1.96. The van der Waals surface area contributed by atoms with Crippen molar-refractivity contribution < 1.29 is 23.4 Å². The van der Waals surface area contributed by atoms with Crippen LogP contribution in [0.5, 0.6) is 5.75 Å². The third-order valence-electron chi connectivity index (χ3n) is 1.70. The summed E-state index contributed by atoms with van der Waals surface area (Å²) in [5.74, 6) is -2.66. The van der Waals surface area contributed by atoms with Crippen LogP contribution in [0.1, 0.15) is 6.42 Å². The fraction of sp³-hybridized carbons (Fsp3) is 0.182. The second kappa shape index (κ2) is 5.85. The summed E-state index contributed by atoms with van der Waals surface area (Å²) >= 11 is 0. The molecule has 0 aliphatic heterocycles. The Morgan fingerprint density at radius 2 is 2.06 bits per heavy atom. The molecule has 0 spiro atoms. The smallest absolute Gasteiger partial charge is 0.307 e. The van der Waals surface area contributed by atoms with Gasteiger partial charge >= 0.3 is 5.97 Å². The summed E-state index contributed by atoms with van der Waals surface area (Å²) in [6.07, 6.45) is 2.82. The molecule has 0 aliphatic carbocycles. The topological polar surface area (TPSA) is 46.5 Å². The highest BCUT2D eigenvalue weighted by Gasteiger charge is 2.02. The van der Waals surface area contributed by atoms with E-state index in [1.54, 1.807) is 0 Å². The van der Waals surface area contributed by atoms with Gasteiger partial charge in [-0.25, -0.2) is 8.78 Å². The number of ether oxygens (including phenoxy) is 1. The first kappa shape index (κ1) is 12.2. The van der Waals surface area contributed by atoms with Crippen molar-refractivity contribution in [1.82, 2.24) is 0 Å². The van der Waals surface area contributed by atoms with E-state index in [9.17, 15) is 13.6 Å². The number of aliphatic carboxylic acids is 1. The lowest BCUT2D eigenvalue weighted by molar-refractivity contribution is -0.136. The molecular weight excluding hydrogens is 218 g/mol. The molecule has 16 heavy (non-hydrogen) atoms. The van der Waals surface area contributed by atoms with Crippen LogP contribution in [0.3, 0.4) is 0 Å². The van der Waals surface area contributed by atoms with E-state index in [1.807, 2.05) is 0 Å². The minimum atomic E-state index is -0.980. The number of halogens is 2. The van der Waals surface area contributed by atoms with E-state index in [-0.39, 0.29) is 18.8 Å². The molecule has 5 heteroatoms. The molecule has 1 aromatic carbocycles. The van der Waals surface area contributed by atoms with Crippen LogP contribution in [-0.4, -0.2) is 17.7 Å². The fourth-order valence-electron chi connectivity index (χ4n) is 0.963. The van der Waals surface area contributed by atoms with Crippen molar-refractivity contribution >= 4 is 5.97 Å². The van der Waals surface area contributed by atoms with E-state index in [0.717, 1.165) is 12.1 Å². The third kappa shape index (κ3) is 4.08. The van der Waals surface area contributed by atoms with E-state index >= 15 is 0 Å². The SMILES string of the molecule is O=C(O)C/C=C/COc1ccc(F)c(F)c1. The van der Waals surface area contributed by atoms with Crippen LogP contribution >= 0.6 is 0 Å². The molecule has 0 fully saturated rings. The van der Waals surface area contributed by atoms with Gasteiger partial charge in [-0.15, -0.1) is 0 Å². The molecule has 1 aromatic rings. The van der Waals surface area contributed by atoms with Gasteiger partial charge in [0.1, 0.15) is 12.4 Å². The molecule has 1 N–H and O–H groups in total. The molecule has 0 bridgehead atoms. The largest absolute Gasteiger partial charge is 0.489 e. The van der Waals surface area contributed by atoms with Gasteiger partial charge in [-0.05, 0) is 12.1 Å². The summed E-state index contributed by atoms with van der Waals surface area (Å²) in [5, 5.41) is 8.31. The number of hydrogen-bond donors (Lipinski definition) is 1. The van der Waals surface area contributed by atoms with E-state index in [2.05, 4.69) is 0 Å². The Hall–Kier alpha value is -1.91. The molecule has 1 rings (SSSR count). The second-order valence-corrected chi connectivity index (χ2v) is 2.96. The monoisotopic (exact) mass is 228 g/mol.